The highest BCUT2D eigenvalue weighted by Gasteiger charge is 2.22. The molecule has 0 unspecified atom stereocenters. The van der Waals surface area contributed by atoms with E-state index in [1.54, 1.807) is 0 Å². The Morgan fingerprint density at radius 2 is 1.96 bits per heavy atom. The van der Waals surface area contributed by atoms with Gasteiger partial charge in [0.2, 0.25) is 0 Å². The van der Waals surface area contributed by atoms with E-state index in [4.69, 9.17) is 5.10 Å². The zero-order valence-corrected chi connectivity index (χ0v) is 16.8. The highest BCUT2D eigenvalue weighted by Crippen LogP contribution is 2.35. The first-order valence-electron chi connectivity index (χ1n) is 8.83. The second kappa shape index (κ2) is 6.83. The van der Waals surface area contributed by atoms with Crippen LogP contribution in [0.4, 0.5) is 5.82 Å². The summed E-state index contributed by atoms with van der Waals surface area (Å²) in [5.41, 5.74) is 7.34. The maximum absolute atomic E-state index is 5.07. The van der Waals surface area contributed by atoms with Crippen LogP contribution in [0.3, 0.4) is 0 Å². The predicted molar refractivity (Wildman–Crippen MR) is 113 cm³/mol. The molecule has 0 radical (unpaired) electrons. The highest BCUT2D eigenvalue weighted by atomic mass is 127. The van der Waals surface area contributed by atoms with Crippen LogP contribution in [-0.4, -0.2) is 16.3 Å². The number of benzene rings is 2. The zero-order valence-electron chi connectivity index (χ0n) is 14.6. The molecule has 128 valence electrons. The quantitative estimate of drug-likeness (QED) is 0.530. The number of aromatic nitrogens is 2. The minimum Gasteiger partial charge on any atom is -0.370 e. The number of nitrogens with one attached hydrogen (secondary N) is 1. The second-order valence-electron chi connectivity index (χ2n) is 6.77. The molecule has 4 heteroatoms. The summed E-state index contributed by atoms with van der Waals surface area (Å²) in [4.78, 5) is 0. The molecular weight excluding hydrogens is 421 g/mol. The summed E-state index contributed by atoms with van der Waals surface area (Å²) in [6.45, 7) is 5.30. The summed E-state index contributed by atoms with van der Waals surface area (Å²) >= 11 is 2.37. The summed E-state index contributed by atoms with van der Waals surface area (Å²) in [5, 5.41) is 8.71. The molecule has 2 aromatic carbocycles. The van der Waals surface area contributed by atoms with E-state index in [9.17, 15) is 0 Å². The lowest BCUT2D eigenvalue weighted by molar-refractivity contribution is 0.779. The molecule has 0 amide bonds. The van der Waals surface area contributed by atoms with Crippen LogP contribution in [0, 0.1) is 17.4 Å². The van der Waals surface area contributed by atoms with E-state index in [1.165, 1.54) is 50.2 Å². The van der Waals surface area contributed by atoms with Gasteiger partial charge in [0.25, 0.3) is 0 Å². The van der Waals surface area contributed by atoms with Gasteiger partial charge in [-0.2, -0.15) is 5.10 Å². The van der Waals surface area contributed by atoms with Gasteiger partial charge in [-0.05, 0) is 85.0 Å². The molecule has 0 atom stereocenters. The molecule has 3 aromatic rings. The van der Waals surface area contributed by atoms with E-state index in [1.807, 2.05) is 0 Å². The molecule has 0 saturated heterocycles. The zero-order chi connectivity index (χ0) is 17.4. The van der Waals surface area contributed by atoms with Gasteiger partial charge in [-0.1, -0.05) is 24.3 Å². The van der Waals surface area contributed by atoms with E-state index in [-0.39, 0.29) is 0 Å². The minimum atomic E-state index is 1.01. The third-order valence-electron chi connectivity index (χ3n) is 4.82. The number of nitrogens with zero attached hydrogens (tertiary/aromatic N) is 2. The van der Waals surface area contributed by atoms with E-state index < -0.39 is 0 Å². The standard InChI is InChI=1S/C21H22IN3/c1-14-9-10-15(2)19(12-14)25-21-18(8-3-4-11-23-21)20(24-25)16-6-5-7-17(22)13-16/h5-7,9-10,12-13,23H,3-4,8,11H2,1-2H3. The molecule has 4 rings (SSSR count). The Morgan fingerprint density at radius 3 is 2.80 bits per heavy atom. The van der Waals surface area contributed by atoms with Crippen LogP contribution in [0.25, 0.3) is 16.9 Å². The predicted octanol–water partition coefficient (Wildman–Crippen LogP) is 5.51. The second-order valence-corrected chi connectivity index (χ2v) is 8.02. The van der Waals surface area contributed by atoms with Gasteiger partial charge in [0, 0.05) is 21.2 Å². The van der Waals surface area contributed by atoms with Gasteiger partial charge >= 0.3 is 0 Å². The summed E-state index contributed by atoms with van der Waals surface area (Å²) in [7, 11) is 0. The average molecular weight is 443 g/mol. The molecule has 1 N–H and O–H groups in total. The molecule has 1 aromatic heterocycles. The maximum Gasteiger partial charge on any atom is 0.133 e. The summed E-state index contributed by atoms with van der Waals surface area (Å²) in [6.07, 6.45) is 3.48. The van der Waals surface area contributed by atoms with Gasteiger partial charge < -0.3 is 5.32 Å². The van der Waals surface area contributed by atoms with E-state index in [2.05, 4.69) is 88.9 Å². The fraction of sp³-hybridized carbons (Fsp3) is 0.286. The highest BCUT2D eigenvalue weighted by molar-refractivity contribution is 14.1. The lowest BCUT2D eigenvalue weighted by Crippen LogP contribution is -2.08. The summed E-state index contributed by atoms with van der Waals surface area (Å²) < 4.78 is 3.37. The molecule has 1 aliphatic heterocycles. The first kappa shape index (κ1) is 16.6. The van der Waals surface area contributed by atoms with Crippen LogP contribution in [-0.2, 0) is 6.42 Å². The van der Waals surface area contributed by atoms with E-state index >= 15 is 0 Å². The molecule has 0 aliphatic carbocycles. The molecule has 0 bridgehead atoms. The molecule has 1 aliphatic rings. The third kappa shape index (κ3) is 3.19. The molecule has 3 nitrogen and oxygen atoms in total. The molecule has 0 fully saturated rings. The van der Waals surface area contributed by atoms with E-state index in [0.29, 0.717) is 0 Å². The van der Waals surface area contributed by atoms with Gasteiger partial charge in [0.1, 0.15) is 5.82 Å². The Labute approximate surface area is 162 Å². The lowest BCUT2D eigenvalue weighted by Gasteiger charge is -2.12. The Morgan fingerprint density at radius 1 is 1.08 bits per heavy atom. The fourth-order valence-electron chi connectivity index (χ4n) is 3.49. The van der Waals surface area contributed by atoms with Crippen molar-refractivity contribution in [1.82, 2.24) is 9.78 Å². The Bertz CT molecular complexity index is 927. The normalized spacial score (nSPS) is 13.9. The van der Waals surface area contributed by atoms with Crippen LogP contribution < -0.4 is 5.32 Å². The largest absolute Gasteiger partial charge is 0.370 e. The monoisotopic (exact) mass is 443 g/mol. The van der Waals surface area contributed by atoms with Crippen molar-refractivity contribution in [2.24, 2.45) is 0 Å². The van der Waals surface area contributed by atoms with Gasteiger partial charge in [-0.15, -0.1) is 0 Å². The average Bonchev–Trinajstić information content (AvgIpc) is 2.78. The van der Waals surface area contributed by atoms with Crippen LogP contribution in [0.1, 0.15) is 29.5 Å². The van der Waals surface area contributed by atoms with Crippen molar-refractivity contribution in [1.29, 1.82) is 0 Å². The number of hydrogen-bond donors (Lipinski definition) is 1. The molecular formula is C21H22IN3. The van der Waals surface area contributed by atoms with Gasteiger partial charge in [-0.3, -0.25) is 0 Å². The van der Waals surface area contributed by atoms with Crippen molar-refractivity contribution in [3.05, 3.63) is 62.7 Å². The Kier molecular flexibility index (Phi) is 4.54. The van der Waals surface area contributed by atoms with Crippen LogP contribution >= 0.6 is 22.6 Å². The van der Waals surface area contributed by atoms with Gasteiger partial charge in [0.05, 0.1) is 11.4 Å². The molecule has 25 heavy (non-hydrogen) atoms. The number of halogens is 1. The Hall–Kier alpha value is -1.82. The van der Waals surface area contributed by atoms with Gasteiger partial charge in [-0.25, -0.2) is 4.68 Å². The van der Waals surface area contributed by atoms with Gasteiger partial charge in [0.15, 0.2) is 0 Å². The van der Waals surface area contributed by atoms with Crippen molar-refractivity contribution in [2.45, 2.75) is 33.1 Å². The SMILES string of the molecule is Cc1ccc(C)c(-n2nc(-c3cccc(I)c3)c3c2NCCCC3)c1. The molecule has 2 heterocycles. The van der Waals surface area contributed by atoms with Crippen molar-refractivity contribution < 1.29 is 0 Å². The molecule has 0 saturated carbocycles. The topological polar surface area (TPSA) is 29.9 Å². The fourth-order valence-corrected chi connectivity index (χ4v) is 4.04. The molecule has 0 spiro atoms. The Balaban J connectivity index is 1.95. The maximum atomic E-state index is 5.07. The van der Waals surface area contributed by atoms with Crippen molar-refractivity contribution in [3.8, 4) is 16.9 Å². The summed E-state index contributed by atoms with van der Waals surface area (Å²) in [6, 6.07) is 15.2. The minimum absolute atomic E-state index is 1.01. The number of hydrogen-bond acceptors (Lipinski definition) is 2. The number of aryl methyl sites for hydroxylation is 2. The summed E-state index contributed by atoms with van der Waals surface area (Å²) in [5.74, 6) is 1.17. The van der Waals surface area contributed by atoms with Crippen LogP contribution in [0.5, 0.6) is 0 Å². The smallest absolute Gasteiger partial charge is 0.133 e. The lowest BCUT2D eigenvalue weighted by atomic mass is 10.0. The number of anilines is 1. The third-order valence-corrected chi connectivity index (χ3v) is 5.49. The van der Waals surface area contributed by atoms with Crippen molar-refractivity contribution in [2.75, 3.05) is 11.9 Å². The first-order chi connectivity index (χ1) is 12.1. The van der Waals surface area contributed by atoms with Crippen molar-refractivity contribution >= 4 is 28.4 Å². The number of rotatable bonds is 2. The van der Waals surface area contributed by atoms with Crippen molar-refractivity contribution in [3.63, 3.8) is 0 Å². The number of fused-ring (bicyclic) bond motifs is 1. The van der Waals surface area contributed by atoms with E-state index in [0.717, 1.165) is 18.7 Å². The van der Waals surface area contributed by atoms with Crippen LogP contribution in [0.2, 0.25) is 0 Å². The van der Waals surface area contributed by atoms with Crippen LogP contribution in [0.15, 0.2) is 42.5 Å². The first-order valence-corrected chi connectivity index (χ1v) is 9.91.